The van der Waals surface area contributed by atoms with Gasteiger partial charge in [-0.3, -0.25) is 10.7 Å². The molecule has 0 saturated carbocycles. The molecular formula is C35H41Cl2N5O2S. The van der Waals surface area contributed by atoms with Crippen LogP contribution < -0.4 is 5.32 Å². The fourth-order valence-electron chi connectivity index (χ4n) is 7.36. The molecule has 4 aliphatic rings. The van der Waals surface area contributed by atoms with Crippen LogP contribution in [0.4, 0.5) is 0 Å². The summed E-state index contributed by atoms with van der Waals surface area (Å²) in [5, 5.41) is 12.3. The van der Waals surface area contributed by atoms with Crippen LogP contribution in [0.25, 0.3) is 5.57 Å². The van der Waals surface area contributed by atoms with Gasteiger partial charge in [0.05, 0.1) is 4.87 Å². The summed E-state index contributed by atoms with van der Waals surface area (Å²) in [6.45, 7) is 2.44. The van der Waals surface area contributed by atoms with Crippen LogP contribution in [0.3, 0.4) is 0 Å². The lowest BCUT2D eigenvalue weighted by molar-refractivity contribution is 0.305. The molecule has 1 fully saturated rings. The Hall–Kier alpha value is -3.07. The van der Waals surface area contributed by atoms with Gasteiger partial charge in [0.2, 0.25) is 5.96 Å². The molecule has 7 nitrogen and oxygen atoms in total. The van der Waals surface area contributed by atoms with Crippen molar-refractivity contribution in [2.24, 2.45) is 4.40 Å². The van der Waals surface area contributed by atoms with Crippen LogP contribution in [0.5, 0.6) is 0 Å². The molecule has 2 aromatic carbocycles. The van der Waals surface area contributed by atoms with E-state index in [1.54, 1.807) is 19.0 Å². The number of nitrogens with zero attached hydrogens (tertiary/aromatic N) is 3. The molecule has 4 atom stereocenters. The number of fused-ring (bicyclic) bond motifs is 3. The molecule has 0 radical (unpaired) electrons. The van der Waals surface area contributed by atoms with E-state index in [0.29, 0.717) is 37.3 Å². The maximum Gasteiger partial charge on any atom is 0.266 e. The third kappa shape index (κ3) is 6.21. The molecule has 2 bridgehead atoms. The van der Waals surface area contributed by atoms with E-state index in [0.717, 1.165) is 24.8 Å². The van der Waals surface area contributed by atoms with Crippen LogP contribution in [0.2, 0.25) is 5.02 Å². The number of sulfonamides is 1. The maximum atomic E-state index is 14.2. The van der Waals surface area contributed by atoms with Crippen LogP contribution in [-0.4, -0.2) is 66.4 Å². The van der Waals surface area contributed by atoms with E-state index in [2.05, 4.69) is 57.1 Å². The molecule has 2 aliphatic heterocycles. The van der Waals surface area contributed by atoms with E-state index in [4.69, 9.17) is 28.6 Å². The number of guanidine groups is 2. The molecule has 2 aliphatic carbocycles. The van der Waals surface area contributed by atoms with Crippen molar-refractivity contribution in [2.75, 3.05) is 20.6 Å². The zero-order valence-corrected chi connectivity index (χ0v) is 28.4. The number of nitrogens with one attached hydrogen (secondary N) is 2. The van der Waals surface area contributed by atoms with Gasteiger partial charge >= 0.3 is 0 Å². The summed E-state index contributed by atoms with van der Waals surface area (Å²) in [5.74, 6) is 0.584. The van der Waals surface area contributed by atoms with E-state index in [9.17, 15) is 8.42 Å². The summed E-state index contributed by atoms with van der Waals surface area (Å²) in [4.78, 5) is 3.20. The summed E-state index contributed by atoms with van der Waals surface area (Å²) >= 11 is 12.9. The van der Waals surface area contributed by atoms with Gasteiger partial charge in [0.1, 0.15) is 4.75 Å². The summed E-state index contributed by atoms with van der Waals surface area (Å²) in [7, 11) is -0.472. The van der Waals surface area contributed by atoms with Crippen molar-refractivity contribution in [3.63, 3.8) is 0 Å². The molecule has 238 valence electrons. The van der Waals surface area contributed by atoms with Gasteiger partial charge in [-0.1, -0.05) is 77.9 Å². The predicted molar refractivity (Wildman–Crippen MR) is 185 cm³/mol. The molecule has 1 saturated heterocycles. The second-order valence-electron chi connectivity index (χ2n) is 13.1. The Morgan fingerprint density at radius 1 is 1.11 bits per heavy atom. The summed E-state index contributed by atoms with van der Waals surface area (Å²) < 4.78 is 31.7. The minimum atomic E-state index is -3.98. The summed E-state index contributed by atoms with van der Waals surface area (Å²) in [6, 6.07) is 18.8. The van der Waals surface area contributed by atoms with Crippen molar-refractivity contribution in [3.8, 4) is 0 Å². The minimum Gasteiger partial charge on any atom is -0.349 e. The second kappa shape index (κ2) is 12.3. The zero-order valence-electron chi connectivity index (χ0n) is 26.1. The fourth-order valence-corrected chi connectivity index (χ4v) is 9.35. The van der Waals surface area contributed by atoms with Crippen LogP contribution in [0, 0.1) is 5.41 Å². The molecular weight excluding hydrogens is 625 g/mol. The molecule has 10 heteroatoms. The highest BCUT2D eigenvalue weighted by Gasteiger charge is 2.52. The Kier molecular flexibility index (Phi) is 8.70. The third-order valence-corrected chi connectivity index (χ3v) is 12.5. The predicted octanol–water partition coefficient (Wildman–Crippen LogP) is 7.32. The highest BCUT2D eigenvalue weighted by atomic mass is 35.5. The maximum absolute atomic E-state index is 14.2. The van der Waals surface area contributed by atoms with Crippen molar-refractivity contribution in [3.05, 3.63) is 100 Å². The number of benzene rings is 2. The molecule has 45 heavy (non-hydrogen) atoms. The number of hydrogen-bond donors (Lipinski definition) is 2. The van der Waals surface area contributed by atoms with Crippen molar-refractivity contribution in [1.29, 1.82) is 5.41 Å². The van der Waals surface area contributed by atoms with E-state index in [1.807, 2.05) is 37.3 Å². The quantitative estimate of drug-likeness (QED) is 0.198. The van der Waals surface area contributed by atoms with Gasteiger partial charge in [-0.25, -0.2) is 8.42 Å². The van der Waals surface area contributed by atoms with Gasteiger partial charge in [-0.05, 0) is 86.3 Å². The smallest absolute Gasteiger partial charge is 0.266 e. The first-order chi connectivity index (χ1) is 21.4. The average Bonchev–Trinajstić information content (AvgIpc) is 3.26. The first-order valence-electron chi connectivity index (χ1n) is 15.6. The Morgan fingerprint density at radius 3 is 2.51 bits per heavy atom. The first-order valence-corrected chi connectivity index (χ1v) is 17.8. The van der Waals surface area contributed by atoms with Gasteiger partial charge < -0.3 is 9.80 Å². The van der Waals surface area contributed by atoms with Crippen LogP contribution in [0.15, 0.2) is 88.4 Å². The largest absolute Gasteiger partial charge is 0.349 e. The lowest BCUT2D eigenvalue weighted by Crippen LogP contribution is -2.52. The first kappa shape index (κ1) is 31.9. The topological polar surface area (TPSA) is 88.9 Å². The summed E-state index contributed by atoms with van der Waals surface area (Å²) in [5.41, 5.74) is 5.97. The monoisotopic (exact) mass is 665 g/mol. The Bertz CT molecular complexity index is 1700. The number of halogens is 2. The van der Waals surface area contributed by atoms with Crippen molar-refractivity contribution in [2.45, 2.75) is 73.5 Å². The molecule has 3 unspecified atom stereocenters. The Balaban J connectivity index is 1.43. The van der Waals surface area contributed by atoms with Crippen molar-refractivity contribution >= 4 is 50.7 Å². The highest BCUT2D eigenvalue weighted by Crippen LogP contribution is 2.49. The molecule has 2 heterocycles. The van der Waals surface area contributed by atoms with Crippen LogP contribution in [-0.2, 0) is 10.0 Å². The van der Waals surface area contributed by atoms with Gasteiger partial charge in [-0.15, -0.1) is 16.0 Å². The lowest BCUT2D eigenvalue weighted by atomic mass is 9.84. The highest BCUT2D eigenvalue weighted by molar-refractivity contribution is 7.92. The molecule has 0 aromatic heterocycles. The average molecular weight is 667 g/mol. The number of alkyl halides is 1. The van der Waals surface area contributed by atoms with Gasteiger partial charge in [-0.2, -0.15) is 0 Å². The van der Waals surface area contributed by atoms with Crippen LogP contribution >= 0.6 is 23.2 Å². The SMILES string of the molecule is CN(C)C(=N)NC1=NS(=O)(=O)C2(C3=CCC(C)(Cl)C=C3)CC[C@@H](CC3=C(c4ccc(Cl)cc4)C(c4ccccc4)CC3)N1CC2. The van der Waals surface area contributed by atoms with Gasteiger partial charge in [0.15, 0.2) is 5.96 Å². The fraction of sp³-hybridized carbons (Fsp3) is 0.429. The standard InChI is InChI=1S/C35H41Cl2N5O2S/c1-34(37)18-15-27(16-19-34)35-20-17-29(42(22-21-35)33(40-45(35,43)44)39-32(38)41(2)3)23-26-11-14-30(24-7-5-4-6-8-24)31(26)25-9-12-28(36)13-10-25/h4-10,12-13,15-16,18,29-30H,11,14,17,19-23H2,1-3H3,(H2,38,39,40)/t29-,30?,34?,35?/m0/s1. The van der Waals surface area contributed by atoms with E-state index in [1.165, 1.54) is 22.3 Å². The molecule has 0 spiro atoms. The summed E-state index contributed by atoms with van der Waals surface area (Å²) in [6.07, 6.45) is 10.7. The molecule has 2 N–H and O–H groups in total. The number of hydrogen-bond acceptors (Lipinski definition) is 4. The van der Waals surface area contributed by atoms with E-state index < -0.39 is 19.6 Å². The minimum absolute atomic E-state index is 0.00173. The third-order valence-electron chi connectivity index (χ3n) is 9.89. The Morgan fingerprint density at radius 2 is 1.84 bits per heavy atom. The normalized spacial score (nSPS) is 29.1. The van der Waals surface area contributed by atoms with Gasteiger partial charge in [0.25, 0.3) is 10.0 Å². The van der Waals surface area contributed by atoms with Gasteiger partial charge in [0, 0.05) is 37.6 Å². The number of allylic oxidation sites excluding steroid dienone is 4. The molecule has 2 aromatic rings. The van der Waals surface area contributed by atoms with Crippen molar-refractivity contribution < 1.29 is 8.42 Å². The van der Waals surface area contributed by atoms with Crippen molar-refractivity contribution in [1.82, 2.24) is 15.1 Å². The van der Waals surface area contributed by atoms with E-state index >= 15 is 0 Å². The molecule has 6 rings (SSSR count). The lowest BCUT2D eigenvalue weighted by Gasteiger charge is -2.36. The second-order valence-corrected chi connectivity index (χ2v) is 16.3. The number of rotatable bonds is 5. The van der Waals surface area contributed by atoms with E-state index in [-0.39, 0.29) is 23.9 Å². The zero-order chi connectivity index (χ0) is 32.0. The Labute approximate surface area is 277 Å². The van der Waals surface area contributed by atoms with Crippen LogP contribution in [0.1, 0.15) is 68.9 Å². The molecule has 0 amide bonds.